The number of hydrogen-bond acceptors (Lipinski definition) is 3. The zero-order valence-corrected chi connectivity index (χ0v) is 10.4. The van der Waals surface area contributed by atoms with E-state index in [2.05, 4.69) is 10.7 Å². The molecule has 0 aliphatic carbocycles. The number of rotatable bonds is 5. The number of Topliss-reactive ketones (excluding diaryl/α,β-unsaturated/α-hetero) is 1. The molecule has 1 aliphatic heterocycles. The second kappa shape index (κ2) is 6.16. The van der Waals surface area contributed by atoms with E-state index in [1.165, 1.54) is 18.4 Å². The summed E-state index contributed by atoms with van der Waals surface area (Å²) in [6, 6.07) is 2.05. The monoisotopic (exact) mass is 237 g/mol. The maximum atomic E-state index is 11.7. The normalized spacial score (nSPS) is 17.5. The van der Waals surface area contributed by atoms with Crippen LogP contribution in [-0.2, 0) is 11.2 Å². The predicted octanol–water partition coefficient (Wildman–Crippen LogP) is 2.64. The molecule has 1 aromatic heterocycles. The van der Waals surface area contributed by atoms with Gasteiger partial charge in [-0.2, -0.15) is 11.3 Å². The highest BCUT2D eigenvalue weighted by Crippen LogP contribution is 2.18. The first kappa shape index (κ1) is 11.8. The van der Waals surface area contributed by atoms with Gasteiger partial charge in [0, 0.05) is 12.8 Å². The Morgan fingerprint density at radius 2 is 2.25 bits per heavy atom. The van der Waals surface area contributed by atoms with Gasteiger partial charge in [0.1, 0.15) is 5.78 Å². The Morgan fingerprint density at radius 3 is 2.94 bits per heavy atom. The van der Waals surface area contributed by atoms with Gasteiger partial charge in [0.25, 0.3) is 0 Å². The third kappa shape index (κ3) is 3.72. The average molecular weight is 237 g/mol. The molecular formula is C13H19NOS. The molecule has 1 N–H and O–H groups in total. The highest BCUT2D eigenvalue weighted by atomic mass is 32.1. The van der Waals surface area contributed by atoms with Crippen molar-refractivity contribution in [3.63, 3.8) is 0 Å². The lowest BCUT2D eigenvalue weighted by molar-refractivity contribution is -0.118. The Hall–Kier alpha value is -0.670. The molecule has 0 aromatic carbocycles. The molecular weight excluding hydrogens is 218 g/mol. The van der Waals surface area contributed by atoms with E-state index in [1.807, 2.05) is 11.4 Å². The fraction of sp³-hybridized carbons (Fsp3) is 0.615. The van der Waals surface area contributed by atoms with Crippen LogP contribution in [0.15, 0.2) is 16.8 Å². The summed E-state index contributed by atoms with van der Waals surface area (Å²) in [6.45, 7) is 2.26. The zero-order chi connectivity index (χ0) is 11.2. The number of ketones is 1. The Bertz CT molecular complexity index is 315. The van der Waals surface area contributed by atoms with Crippen LogP contribution in [0.3, 0.4) is 0 Å². The molecule has 0 bridgehead atoms. The van der Waals surface area contributed by atoms with Crippen molar-refractivity contribution < 1.29 is 4.79 Å². The molecule has 1 aromatic rings. The molecule has 2 nitrogen and oxygen atoms in total. The lowest BCUT2D eigenvalue weighted by Crippen LogP contribution is -2.28. The van der Waals surface area contributed by atoms with Crippen molar-refractivity contribution in [2.24, 2.45) is 5.92 Å². The van der Waals surface area contributed by atoms with Crippen molar-refractivity contribution in [2.45, 2.75) is 32.1 Å². The van der Waals surface area contributed by atoms with Crippen molar-refractivity contribution >= 4 is 17.1 Å². The summed E-state index contributed by atoms with van der Waals surface area (Å²) in [5.41, 5.74) is 1.18. The van der Waals surface area contributed by atoms with Gasteiger partial charge in [-0.15, -0.1) is 0 Å². The fourth-order valence-electron chi connectivity index (χ4n) is 2.24. The van der Waals surface area contributed by atoms with Crippen molar-refractivity contribution in [3.8, 4) is 0 Å². The van der Waals surface area contributed by atoms with E-state index in [1.54, 1.807) is 11.3 Å². The molecule has 2 rings (SSSR count). The fourth-order valence-corrected chi connectivity index (χ4v) is 2.91. The Labute approximate surface area is 101 Å². The first-order valence-electron chi connectivity index (χ1n) is 6.08. The van der Waals surface area contributed by atoms with Gasteiger partial charge in [0.05, 0.1) is 0 Å². The molecule has 1 fully saturated rings. The Balaban J connectivity index is 1.67. The number of carbonyl (C=O) groups is 1. The average Bonchev–Trinajstić information content (AvgIpc) is 2.81. The van der Waals surface area contributed by atoms with Crippen molar-refractivity contribution in [1.82, 2.24) is 5.32 Å². The minimum atomic E-state index is 0.400. The molecule has 16 heavy (non-hydrogen) atoms. The summed E-state index contributed by atoms with van der Waals surface area (Å²) in [5.74, 6) is 1.17. The lowest BCUT2D eigenvalue weighted by Gasteiger charge is -2.21. The highest BCUT2D eigenvalue weighted by Gasteiger charge is 2.14. The molecule has 0 atom stereocenters. The van der Waals surface area contributed by atoms with Gasteiger partial charge < -0.3 is 5.32 Å². The van der Waals surface area contributed by atoms with Crippen LogP contribution in [0.2, 0.25) is 0 Å². The van der Waals surface area contributed by atoms with Crippen LogP contribution in [0.5, 0.6) is 0 Å². The largest absolute Gasteiger partial charge is 0.317 e. The van der Waals surface area contributed by atoms with Crippen molar-refractivity contribution in [3.05, 3.63) is 22.4 Å². The van der Waals surface area contributed by atoms with Gasteiger partial charge in [-0.1, -0.05) is 0 Å². The smallest absolute Gasteiger partial charge is 0.137 e. The maximum absolute atomic E-state index is 11.7. The molecule has 0 amide bonds. The topological polar surface area (TPSA) is 29.1 Å². The van der Waals surface area contributed by atoms with E-state index < -0.39 is 0 Å². The summed E-state index contributed by atoms with van der Waals surface area (Å²) in [5, 5.41) is 7.46. The van der Waals surface area contributed by atoms with Crippen molar-refractivity contribution in [1.29, 1.82) is 0 Å². The maximum Gasteiger partial charge on any atom is 0.137 e. The Morgan fingerprint density at radius 1 is 1.44 bits per heavy atom. The first-order valence-corrected chi connectivity index (χ1v) is 7.02. The molecule has 2 heterocycles. The minimum Gasteiger partial charge on any atom is -0.317 e. The summed E-state index contributed by atoms with van der Waals surface area (Å²) in [6.07, 6.45) is 4.97. The third-order valence-corrected chi connectivity index (χ3v) is 4.00. The van der Waals surface area contributed by atoms with Crippen LogP contribution in [-0.4, -0.2) is 18.9 Å². The quantitative estimate of drug-likeness (QED) is 0.853. The van der Waals surface area contributed by atoms with Crippen LogP contribution in [0.1, 0.15) is 31.2 Å². The minimum absolute atomic E-state index is 0.400. The van der Waals surface area contributed by atoms with Crippen LogP contribution in [0.4, 0.5) is 0 Å². The molecule has 0 radical (unpaired) electrons. The summed E-state index contributed by atoms with van der Waals surface area (Å²) >= 11 is 1.67. The van der Waals surface area contributed by atoms with E-state index >= 15 is 0 Å². The van der Waals surface area contributed by atoms with Crippen LogP contribution in [0, 0.1) is 5.92 Å². The third-order valence-electron chi connectivity index (χ3n) is 3.27. The van der Waals surface area contributed by atoms with Gasteiger partial charge in [0.15, 0.2) is 0 Å². The van der Waals surface area contributed by atoms with E-state index in [4.69, 9.17) is 0 Å². The molecule has 0 saturated carbocycles. The lowest BCUT2D eigenvalue weighted by atomic mass is 9.91. The standard InChI is InChI=1S/C13H19NOS/c15-13(9-12-5-8-16-10-12)2-1-11-3-6-14-7-4-11/h5,8,10-11,14H,1-4,6-7,9H2. The zero-order valence-electron chi connectivity index (χ0n) is 9.58. The van der Waals surface area contributed by atoms with Crippen LogP contribution >= 0.6 is 11.3 Å². The van der Waals surface area contributed by atoms with Crippen LogP contribution < -0.4 is 5.32 Å². The number of nitrogens with one attached hydrogen (secondary N) is 1. The van der Waals surface area contributed by atoms with Gasteiger partial charge in [-0.05, 0) is 60.7 Å². The molecule has 0 spiro atoms. The van der Waals surface area contributed by atoms with Gasteiger partial charge in [-0.25, -0.2) is 0 Å². The second-order valence-electron chi connectivity index (χ2n) is 4.58. The summed E-state index contributed by atoms with van der Waals surface area (Å²) in [7, 11) is 0. The van der Waals surface area contributed by atoms with E-state index in [-0.39, 0.29) is 0 Å². The van der Waals surface area contributed by atoms with E-state index in [0.29, 0.717) is 12.2 Å². The van der Waals surface area contributed by atoms with Gasteiger partial charge >= 0.3 is 0 Å². The van der Waals surface area contributed by atoms with E-state index in [0.717, 1.165) is 31.8 Å². The Kier molecular flexibility index (Phi) is 4.55. The number of thiophene rings is 1. The predicted molar refractivity (Wildman–Crippen MR) is 67.9 cm³/mol. The second-order valence-corrected chi connectivity index (χ2v) is 5.36. The molecule has 3 heteroatoms. The number of hydrogen-bond donors (Lipinski definition) is 1. The SMILES string of the molecule is O=C(CCC1CCNCC1)Cc1ccsc1. The molecule has 88 valence electrons. The molecule has 0 unspecified atom stereocenters. The highest BCUT2D eigenvalue weighted by molar-refractivity contribution is 7.07. The van der Waals surface area contributed by atoms with Gasteiger partial charge in [0.2, 0.25) is 0 Å². The molecule has 1 aliphatic rings. The van der Waals surface area contributed by atoms with E-state index in [9.17, 15) is 4.79 Å². The van der Waals surface area contributed by atoms with Gasteiger partial charge in [-0.3, -0.25) is 4.79 Å². The number of piperidine rings is 1. The first-order chi connectivity index (χ1) is 7.84. The van der Waals surface area contributed by atoms with Crippen LogP contribution in [0.25, 0.3) is 0 Å². The summed E-state index contributed by atoms with van der Waals surface area (Å²) in [4.78, 5) is 11.7. The van der Waals surface area contributed by atoms with Crippen molar-refractivity contribution in [2.75, 3.05) is 13.1 Å². The number of carbonyl (C=O) groups excluding carboxylic acids is 1. The summed E-state index contributed by atoms with van der Waals surface area (Å²) < 4.78 is 0. The molecule has 1 saturated heterocycles.